The Bertz CT molecular complexity index is 1060. The smallest absolute Gasteiger partial charge is 0.549 e. The van der Waals surface area contributed by atoms with Gasteiger partial charge in [-0.2, -0.15) is 5.06 Å². The molecule has 0 aromatic heterocycles. The number of nitrogens with zero attached hydrogens (tertiary/aromatic N) is 4. The van der Waals surface area contributed by atoms with Crippen molar-refractivity contribution in [1.29, 1.82) is 0 Å². The molecule has 5 aliphatic rings. The van der Waals surface area contributed by atoms with E-state index in [1.165, 1.54) is 14.7 Å². The molecule has 0 atom stereocenters. The molecule has 5 fully saturated rings. The molecule has 1 radical (unpaired) electrons. The van der Waals surface area contributed by atoms with Gasteiger partial charge in [0.15, 0.2) is 0 Å². The van der Waals surface area contributed by atoms with Crippen LogP contribution in [-0.2, 0) is 33.6 Å². The number of carboxylic acids is 3. The normalized spacial score (nSPS) is 29.5. The number of aliphatic carboxylic acids is 3. The van der Waals surface area contributed by atoms with Crippen molar-refractivity contribution >= 4 is 35.7 Å². The van der Waals surface area contributed by atoms with Crippen LogP contribution in [-0.4, -0.2) is 127 Å². The topological polar surface area (TPSA) is 206 Å². The van der Waals surface area contributed by atoms with Crippen molar-refractivity contribution in [2.75, 3.05) is 72.0 Å². The van der Waals surface area contributed by atoms with Crippen molar-refractivity contribution in [3.8, 4) is 0 Å². The maximum atomic E-state index is 13.6. The Morgan fingerprint density at radius 3 is 1.68 bits per heavy atom. The fraction of sp³-hybridized carbons (Fsp3) is 0.786. The van der Waals surface area contributed by atoms with E-state index in [1.807, 2.05) is 0 Å². The van der Waals surface area contributed by atoms with Crippen molar-refractivity contribution in [3.63, 3.8) is 0 Å². The second-order valence-corrected chi connectivity index (χ2v) is 12.6. The summed E-state index contributed by atoms with van der Waals surface area (Å²) in [6.07, 6.45) is 5.73. The number of hydroxylamine groups is 2. The monoisotopic (exact) mass is 764 g/mol. The van der Waals surface area contributed by atoms with Gasteiger partial charge in [0.25, 0.3) is 5.91 Å². The summed E-state index contributed by atoms with van der Waals surface area (Å²) in [5.41, 5.74) is -0.642. The standard InChI is InChI=1S/C28H43N5O10.Gd/c34-22-14-31(17-25(38)39)6-4-30(16-24(36)37)5-7-32(18-26(40)41)15-23(35)33(3-1-2-29-22)43-27(42)28-11-19-8-20(12-28)10-21(9-19)13-28;/h19-21H,1-18H2,(H,29,34)(H,36,37)(H,38,39)(H,40,41);/q;+3/p-3. The maximum Gasteiger partial charge on any atom is 3.00 e. The van der Waals surface area contributed by atoms with Crippen molar-refractivity contribution in [1.82, 2.24) is 25.1 Å². The van der Waals surface area contributed by atoms with Gasteiger partial charge in [-0.05, 0) is 62.7 Å². The van der Waals surface area contributed by atoms with Crippen molar-refractivity contribution < 1.29 is 88.9 Å². The number of hydrogen-bond donors (Lipinski definition) is 1. The first-order valence-electron chi connectivity index (χ1n) is 15.0. The minimum Gasteiger partial charge on any atom is -0.549 e. The van der Waals surface area contributed by atoms with E-state index in [1.54, 1.807) is 0 Å². The Kier molecular flexibility index (Phi) is 13.7. The number of carboxylic acid groups (broad SMARTS) is 3. The van der Waals surface area contributed by atoms with Crippen LogP contribution >= 0.6 is 0 Å². The van der Waals surface area contributed by atoms with E-state index in [0.29, 0.717) is 17.8 Å². The van der Waals surface area contributed by atoms with Crippen molar-refractivity contribution in [2.45, 2.75) is 44.9 Å². The molecule has 4 saturated carbocycles. The molecule has 1 N–H and O–H groups in total. The zero-order valence-electron chi connectivity index (χ0n) is 24.7. The molecule has 0 aromatic rings. The van der Waals surface area contributed by atoms with Crippen LogP contribution in [0.2, 0.25) is 0 Å². The predicted octanol–water partition coefficient (Wildman–Crippen LogP) is -4.83. The van der Waals surface area contributed by atoms with Crippen LogP contribution in [0.5, 0.6) is 0 Å². The molecule has 15 nitrogen and oxygen atoms in total. The number of nitrogens with one attached hydrogen (secondary N) is 1. The molecule has 1 saturated heterocycles. The van der Waals surface area contributed by atoms with Gasteiger partial charge in [0, 0.05) is 52.4 Å². The zero-order chi connectivity index (χ0) is 31.1. The van der Waals surface area contributed by atoms with E-state index in [0.717, 1.165) is 43.6 Å². The Labute approximate surface area is 288 Å². The summed E-state index contributed by atoms with van der Waals surface area (Å²) >= 11 is 0. The van der Waals surface area contributed by atoms with E-state index in [2.05, 4.69) is 5.32 Å². The molecule has 0 spiro atoms. The predicted molar refractivity (Wildman–Crippen MR) is 140 cm³/mol. The summed E-state index contributed by atoms with van der Waals surface area (Å²) < 4.78 is 0. The molecular weight excluding hydrogens is 724 g/mol. The summed E-state index contributed by atoms with van der Waals surface area (Å²) in [5, 5.41) is 37.7. The Balaban J connectivity index is 0.00000529. The third-order valence-electron chi connectivity index (χ3n) is 9.05. The van der Waals surface area contributed by atoms with E-state index >= 15 is 0 Å². The molecule has 44 heavy (non-hydrogen) atoms. The summed E-state index contributed by atoms with van der Waals surface area (Å²) in [4.78, 5) is 83.4. The fourth-order valence-electron chi connectivity index (χ4n) is 7.57. The molecule has 4 aliphatic carbocycles. The largest absolute Gasteiger partial charge is 3.00 e. The molecule has 1 heterocycles. The van der Waals surface area contributed by atoms with Crippen LogP contribution in [0.25, 0.3) is 0 Å². The second-order valence-electron chi connectivity index (χ2n) is 12.6. The van der Waals surface area contributed by atoms with Gasteiger partial charge >= 0.3 is 45.9 Å². The van der Waals surface area contributed by atoms with Gasteiger partial charge in [0.05, 0.1) is 43.0 Å². The number of amides is 2. The maximum absolute atomic E-state index is 13.6. The molecule has 1 aliphatic heterocycles. The second kappa shape index (κ2) is 16.5. The molecule has 5 rings (SSSR count). The minimum absolute atomic E-state index is 0. The summed E-state index contributed by atoms with van der Waals surface area (Å²) in [5.74, 6) is -4.46. The van der Waals surface area contributed by atoms with Crippen molar-refractivity contribution in [2.24, 2.45) is 23.2 Å². The van der Waals surface area contributed by atoms with Gasteiger partial charge in [-0.1, -0.05) is 0 Å². The van der Waals surface area contributed by atoms with E-state index in [9.17, 15) is 44.1 Å². The van der Waals surface area contributed by atoms with Crippen LogP contribution in [0.1, 0.15) is 44.9 Å². The molecule has 245 valence electrons. The van der Waals surface area contributed by atoms with Crippen LogP contribution < -0.4 is 20.6 Å². The van der Waals surface area contributed by atoms with Gasteiger partial charge in [-0.3, -0.25) is 24.3 Å². The van der Waals surface area contributed by atoms with Crippen LogP contribution in [0, 0.1) is 63.1 Å². The first-order valence-corrected chi connectivity index (χ1v) is 15.0. The van der Waals surface area contributed by atoms with Crippen LogP contribution in [0.15, 0.2) is 0 Å². The summed E-state index contributed by atoms with van der Waals surface area (Å²) in [6, 6.07) is 0. The summed E-state index contributed by atoms with van der Waals surface area (Å²) in [6.45, 7) is -2.52. The first kappa shape index (κ1) is 36.5. The average Bonchev–Trinajstić information content (AvgIpc) is 2.89. The molecule has 2 amide bonds. The van der Waals surface area contributed by atoms with Gasteiger partial charge in [-0.25, -0.2) is 4.79 Å². The van der Waals surface area contributed by atoms with Crippen LogP contribution in [0.3, 0.4) is 0 Å². The average molecular weight is 764 g/mol. The number of rotatable bonds is 8. The van der Waals surface area contributed by atoms with Gasteiger partial charge in [-0.15, -0.1) is 0 Å². The van der Waals surface area contributed by atoms with Gasteiger partial charge < -0.3 is 39.9 Å². The van der Waals surface area contributed by atoms with Gasteiger partial charge in [0.2, 0.25) is 5.91 Å². The molecule has 16 heteroatoms. The fourth-order valence-corrected chi connectivity index (χ4v) is 7.57. The number of carbonyl (C=O) groups is 6. The Hall–Kier alpha value is -1.98. The first-order chi connectivity index (χ1) is 20.4. The number of carbonyl (C=O) groups excluding carboxylic acids is 6. The molecule has 0 aromatic carbocycles. The Morgan fingerprint density at radius 1 is 0.727 bits per heavy atom. The summed E-state index contributed by atoms with van der Waals surface area (Å²) in [7, 11) is 0. The van der Waals surface area contributed by atoms with Gasteiger partial charge in [0.1, 0.15) is 0 Å². The Morgan fingerprint density at radius 2 is 1.18 bits per heavy atom. The molecule has 0 unspecified atom stereocenters. The van der Waals surface area contributed by atoms with E-state index < -0.39 is 67.3 Å². The van der Waals surface area contributed by atoms with E-state index in [4.69, 9.17) is 4.84 Å². The SMILES string of the molecule is O=C([O-])CN1CCN(CC(=O)[O-])CC(=O)NCCCN(OC(=O)C23CC4CC(CC(C4)C2)C3)C(=O)CN(CC(=O)[O-])CC1.[Gd+3]. The quantitative estimate of drug-likeness (QED) is 0.247. The minimum atomic E-state index is -1.45. The number of hydrogen-bond acceptors (Lipinski definition) is 13. The third-order valence-corrected chi connectivity index (χ3v) is 9.05. The third kappa shape index (κ3) is 10.5. The van der Waals surface area contributed by atoms with Crippen LogP contribution in [0.4, 0.5) is 0 Å². The zero-order valence-corrected chi connectivity index (χ0v) is 27.0. The molecular formula is C28H40GdN5O10. The van der Waals surface area contributed by atoms with Crippen molar-refractivity contribution in [3.05, 3.63) is 0 Å². The molecule has 4 bridgehead atoms. The van der Waals surface area contributed by atoms with E-state index in [-0.39, 0.29) is 92.2 Å².